The fraction of sp³-hybridized carbons (Fsp3) is 0.120. The van der Waals surface area contributed by atoms with E-state index < -0.39 is 12.6 Å². The lowest BCUT2D eigenvalue weighted by Crippen LogP contribution is -2.32. The number of benzene rings is 3. The summed E-state index contributed by atoms with van der Waals surface area (Å²) in [5.74, 6) is -0.704. The van der Waals surface area contributed by atoms with Crippen LogP contribution < -0.4 is 4.90 Å². The number of hydrogen-bond donors (Lipinski definition) is 0. The van der Waals surface area contributed by atoms with Crippen LogP contribution in [-0.4, -0.2) is 28.6 Å². The van der Waals surface area contributed by atoms with Gasteiger partial charge in [0.2, 0.25) is 11.7 Å². The number of para-hydroxylation sites is 2. The first kappa shape index (κ1) is 21.8. The van der Waals surface area contributed by atoms with E-state index in [9.17, 15) is 14.0 Å². The standard InChI is InChI=1S/C25H18FN3O4S/c26-17-11-9-16(10-12-17)25-27-22(33-28-25)13-14-24(31)32-15-23(30)29-18-5-1-3-7-20(18)34-21-8-4-2-6-19(21)29/h1-12H,13-15H2. The first-order valence-corrected chi connectivity index (χ1v) is 11.3. The van der Waals surface area contributed by atoms with Gasteiger partial charge in [-0.2, -0.15) is 4.98 Å². The predicted octanol–water partition coefficient (Wildman–Crippen LogP) is 5.18. The first-order valence-electron chi connectivity index (χ1n) is 10.5. The molecule has 0 aliphatic carbocycles. The van der Waals surface area contributed by atoms with Gasteiger partial charge in [-0.05, 0) is 48.5 Å². The molecule has 0 atom stereocenters. The molecule has 0 spiro atoms. The minimum Gasteiger partial charge on any atom is -0.456 e. The number of esters is 1. The molecule has 4 aromatic rings. The van der Waals surface area contributed by atoms with Crippen molar-refractivity contribution in [1.29, 1.82) is 0 Å². The van der Waals surface area contributed by atoms with Gasteiger partial charge in [0.25, 0.3) is 5.91 Å². The van der Waals surface area contributed by atoms with Gasteiger partial charge in [-0.25, -0.2) is 4.39 Å². The normalized spacial score (nSPS) is 12.1. The lowest BCUT2D eigenvalue weighted by atomic mass is 10.2. The van der Waals surface area contributed by atoms with Gasteiger partial charge in [0.05, 0.1) is 17.8 Å². The van der Waals surface area contributed by atoms with Crippen LogP contribution in [0.3, 0.4) is 0 Å². The van der Waals surface area contributed by atoms with Crippen molar-refractivity contribution >= 4 is 35.0 Å². The Balaban J connectivity index is 1.20. The van der Waals surface area contributed by atoms with Crippen LogP contribution in [0.25, 0.3) is 11.4 Å². The van der Waals surface area contributed by atoms with E-state index in [0.717, 1.165) is 21.2 Å². The van der Waals surface area contributed by atoms with Crippen molar-refractivity contribution in [1.82, 2.24) is 10.1 Å². The third-order valence-electron chi connectivity index (χ3n) is 5.15. The molecule has 170 valence electrons. The number of rotatable bonds is 6. The molecule has 0 bridgehead atoms. The lowest BCUT2D eigenvalue weighted by molar-refractivity contribution is -0.147. The number of aryl methyl sites for hydroxylation is 1. The second-order valence-corrected chi connectivity index (χ2v) is 8.53. The number of fused-ring (bicyclic) bond motifs is 2. The Morgan fingerprint density at radius 2 is 1.59 bits per heavy atom. The van der Waals surface area contributed by atoms with E-state index >= 15 is 0 Å². The Kier molecular flexibility index (Phi) is 6.09. The highest BCUT2D eigenvalue weighted by Gasteiger charge is 2.28. The lowest BCUT2D eigenvalue weighted by Gasteiger charge is -2.30. The van der Waals surface area contributed by atoms with Crippen LogP contribution in [0.2, 0.25) is 0 Å². The largest absolute Gasteiger partial charge is 0.456 e. The van der Waals surface area contributed by atoms with E-state index in [-0.39, 0.29) is 30.5 Å². The zero-order chi connectivity index (χ0) is 23.5. The second kappa shape index (κ2) is 9.48. The molecule has 7 nitrogen and oxygen atoms in total. The maximum Gasteiger partial charge on any atom is 0.306 e. The molecule has 34 heavy (non-hydrogen) atoms. The molecule has 5 rings (SSSR count). The van der Waals surface area contributed by atoms with Crippen LogP contribution in [0.1, 0.15) is 12.3 Å². The van der Waals surface area contributed by atoms with Crippen LogP contribution in [0.4, 0.5) is 15.8 Å². The molecule has 1 aromatic heterocycles. The SMILES string of the molecule is O=C(CCc1nc(-c2ccc(F)cc2)no1)OCC(=O)N1c2ccccc2Sc2ccccc21. The van der Waals surface area contributed by atoms with Crippen molar-refractivity contribution in [3.8, 4) is 11.4 Å². The smallest absolute Gasteiger partial charge is 0.306 e. The number of ether oxygens (including phenoxy) is 1. The Bertz CT molecular complexity index is 1310. The zero-order valence-corrected chi connectivity index (χ0v) is 18.6. The van der Waals surface area contributed by atoms with Gasteiger partial charge in [0.15, 0.2) is 6.61 Å². The number of carbonyl (C=O) groups excluding carboxylic acids is 2. The predicted molar refractivity (Wildman–Crippen MR) is 123 cm³/mol. The summed E-state index contributed by atoms with van der Waals surface area (Å²) in [6.45, 7) is -0.392. The fourth-order valence-corrected chi connectivity index (χ4v) is 4.59. The molecule has 0 unspecified atom stereocenters. The van der Waals surface area contributed by atoms with E-state index in [1.807, 2.05) is 48.5 Å². The maximum atomic E-state index is 13.1. The number of hydrogen-bond acceptors (Lipinski definition) is 7. The molecule has 1 aliphatic rings. The molecule has 0 radical (unpaired) electrons. The fourth-order valence-electron chi connectivity index (χ4n) is 3.53. The van der Waals surface area contributed by atoms with E-state index in [2.05, 4.69) is 10.1 Å². The monoisotopic (exact) mass is 475 g/mol. The average molecular weight is 476 g/mol. The Labute approximate surface area is 198 Å². The van der Waals surface area contributed by atoms with Crippen molar-refractivity contribution < 1.29 is 23.2 Å². The highest BCUT2D eigenvalue weighted by atomic mass is 32.2. The molecule has 1 amide bonds. The minimum absolute atomic E-state index is 0.0264. The molecule has 9 heteroatoms. The molecule has 0 N–H and O–H groups in total. The van der Waals surface area contributed by atoms with Crippen LogP contribution in [0, 0.1) is 5.82 Å². The highest BCUT2D eigenvalue weighted by molar-refractivity contribution is 7.99. The molecule has 3 aromatic carbocycles. The van der Waals surface area contributed by atoms with E-state index in [1.54, 1.807) is 28.8 Å². The van der Waals surface area contributed by atoms with Gasteiger partial charge in [-0.3, -0.25) is 14.5 Å². The van der Waals surface area contributed by atoms with E-state index in [4.69, 9.17) is 9.26 Å². The zero-order valence-electron chi connectivity index (χ0n) is 17.8. The third kappa shape index (κ3) is 4.55. The van der Waals surface area contributed by atoms with Gasteiger partial charge in [0.1, 0.15) is 5.82 Å². The van der Waals surface area contributed by atoms with Gasteiger partial charge in [-0.1, -0.05) is 41.2 Å². The second-order valence-electron chi connectivity index (χ2n) is 7.45. The van der Waals surface area contributed by atoms with Crippen LogP contribution >= 0.6 is 11.8 Å². The van der Waals surface area contributed by atoms with Gasteiger partial charge in [0, 0.05) is 21.8 Å². The Morgan fingerprint density at radius 3 is 2.26 bits per heavy atom. The quantitative estimate of drug-likeness (QED) is 0.355. The van der Waals surface area contributed by atoms with E-state index in [0.29, 0.717) is 11.4 Å². The summed E-state index contributed by atoms with van der Waals surface area (Å²) in [5.41, 5.74) is 2.11. The third-order valence-corrected chi connectivity index (χ3v) is 6.28. The molecular formula is C25H18FN3O4S. The first-order chi connectivity index (χ1) is 16.6. The Hall–Kier alpha value is -3.98. The van der Waals surface area contributed by atoms with Crippen LogP contribution in [-0.2, 0) is 20.7 Å². The molecule has 0 saturated carbocycles. The number of nitrogens with zero attached hydrogens (tertiary/aromatic N) is 3. The van der Waals surface area contributed by atoms with Crippen LogP contribution in [0.15, 0.2) is 87.1 Å². The molecular weight excluding hydrogens is 457 g/mol. The maximum absolute atomic E-state index is 13.1. The summed E-state index contributed by atoms with van der Waals surface area (Å²) in [6.07, 6.45) is 0.134. The van der Waals surface area contributed by atoms with Crippen molar-refractivity contribution in [2.45, 2.75) is 22.6 Å². The number of anilines is 2. The van der Waals surface area contributed by atoms with Gasteiger partial charge < -0.3 is 9.26 Å². The highest BCUT2D eigenvalue weighted by Crippen LogP contribution is 2.47. The molecule has 2 heterocycles. The number of carbonyl (C=O) groups is 2. The molecule has 0 saturated heterocycles. The van der Waals surface area contributed by atoms with E-state index in [1.165, 1.54) is 12.1 Å². The van der Waals surface area contributed by atoms with Gasteiger partial charge in [-0.15, -0.1) is 0 Å². The summed E-state index contributed by atoms with van der Waals surface area (Å²) < 4.78 is 23.5. The van der Waals surface area contributed by atoms with Crippen molar-refractivity contribution in [2.24, 2.45) is 0 Å². The molecule has 0 fully saturated rings. The molecule has 1 aliphatic heterocycles. The Morgan fingerprint density at radius 1 is 0.941 bits per heavy atom. The topological polar surface area (TPSA) is 85.5 Å². The van der Waals surface area contributed by atoms with Crippen molar-refractivity contribution in [3.63, 3.8) is 0 Å². The summed E-state index contributed by atoms with van der Waals surface area (Å²) in [7, 11) is 0. The number of halogens is 1. The van der Waals surface area contributed by atoms with Gasteiger partial charge >= 0.3 is 5.97 Å². The number of aromatic nitrogens is 2. The summed E-state index contributed by atoms with van der Waals surface area (Å²) in [5, 5.41) is 3.85. The van der Waals surface area contributed by atoms with Crippen LogP contribution in [0.5, 0.6) is 0 Å². The van der Waals surface area contributed by atoms with Crippen molar-refractivity contribution in [2.75, 3.05) is 11.5 Å². The summed E-state index contributed by atoms with van der Waals surface area (Å²) in [4.78, 5) is 33.0. The number of amides is 1. The summed E-state index contributed by atoms with van der Waals surface area (Å²) >= 11 is 1.59. The van der Waals surface area contributed by atoms with Crippen molar-refractivity contribution in [3.05, 3.63) is 84.5 Å². The summed E-state index contributed by atoms with van der Waals surface area (Å²) in [6, 6.07) is 20.9. The average Bonchev–Trinajstić information content (AvgIpc) is 3.34. The minimum atomic E-state index is -0.553.